The topological polar surface area (TPSA) is 335 Å². The van der Waals surface area contributed by atoms with Gasteiger partial charge in [0.15, 0.2) is 0 Å². The standard InChI is InChI=1S/C53H99N5O17/c1-6-39-28(2)44-11-48-42(30(4)43(56-48)10-45-29(3)40(7-8-50(68)69)52(57-45)41-9-49(67)51-31(5)46(58-53(41)51)12-47(39)55-44)13-54-32(18-74-37(24-70-20-33(63)14-59)25-71-21-34(64)15-60)19-75-38(26-72-22-35(65)16-61)27-73-23-36(66)17-62/h28-49,51-67H,6-27H2,1-5H3,(H,68,69). The number of fused-ring (bicyclic) bond motifs is 8. The minimum atomic E-state index is -1.10. The average Bonchev–Trinajstić information content (AvgIpc) is 4.16. The van der Waals surface area contributed by atoms with E-state index in [4.69, 9.17) is 28.4 Å². The zero-order chi connectivity index (χ0) is 54.3. The van der Waals surface area contributed by atoms with Gasteiger partial charge in [0.1, 0.15) is 36.6 Å². The molecule has 22 atom stereocenters. The predicted octanol–water partition coefficient (Wildman–Crippen LogP) is -2.60. The van der Waals surface area contributed by atoms with Crippen LogP contribution >= 0.6 is 0 Å². The lowest BCUT2D eigenvalue weighted by atomic mass is 9.76. The van der Waals surface area contributed by atoms with E-state index in [2.05, 4.69) is 61.2 Å². The fourth-order valence-corrected chi connectivity index (χ4v) is 14.0. The van der Waals surface area contributed by atoms with E-state index in [-0.39, 0.29) is 150 Å². The third kappa shape index (κ3) is 17.3. The molecule has 0 spiro atoms. The van der Waals surface area contributed by atoms with Gasteiger partial charge in [0.25, 0.3) is 0 Å². The maximum Gasteiger partial charge on any atom is 0.303 e. The van der Waals surface area contributed by atoms with Crippen LogP contribution in [0.2, 0.25) is 0 Å². The Morgan fingerprint density at radius 1 is 0.533 bits per heavy atom. The summed E-state index contributed by atoms with van der Waals surface area (Å²) in [5.74, 6) is 1.43. The maximum absolute atomic E-state index is 12.1. The van der Waals surface area contributed by atoms with Gasteiger partial charge in [0, 0.05) is 67.2 Å². The van der Waals surface area contributed by atoms with Gasteiger partial charge in [-0.25, -0.2) is 0 Å². The molecule has 438 valence electrons. The summed E-state index contributed by atoms with van der Waals surface area (Å²) in [5.41, 5.74) is 0. The van der Waals surface area contributed by atoms with Crippen molar-refractivity contribution in [3.8, 4) is 0 Å². The minimum absolute atomic E-state index is 0.0197. The second-order valence-corrected chi connectivity index (χ2v) is 23.4. The second kappa shape index (κ2) is 31.0. The van der Waals surface area contributed by atoms with Crippen molar-refractivity contribution in [2.45, 2.75) is 177 Å². The van der Waals surface area contributed by atoms with Crippen LogP contribution in [0.1, 0.15) is 79.6 Å². The Kier molecular flexibility index (Phi) is 26.0. The number of rotatable bonds is 33. The third-order valence-electron chi connectivity index (χ3n) is 18.3. The SMILES string of the molecule is CCC1C2CC3NC4C(CC(O)C4C3C)C3NC(CC4NC(CC(N2)C1C)C(CNC(COC(COCC(O)CO)COCC(O)CO)COC(COCC(O)CO)COCC(O)CO)C4C)C(C)C3CCC(=O)O. The van der Waals surface area contributed by atoms with Crippen LogP contribution in [0, 0.1) is 53.3 Å². The Morgan fingerprint density at radius 3 is 1.41 bits per heavy atom. The Balaban J connectivity index is 1.26. The maximum atomic E-state index is 12.1. The number of aliphatic hydroxyl groups excluding tert-OH is 9. The highest BCUT2D eigenvalue weighted by molar-refractivity contribution is 5.66. The molecule has 0 radical (unpaired) electrons. The van der Waals surface area contributed by atoms with Crippen molar-refractivity contribution < 1.29 is 84.3 Å². The number of carboxylic acid groups (broad SMARTS) is 1. The van der Waals surface area contributed by atoms with Crippen LogP contribution < -0.4 is 26.6 Å². The van der Waals surface area contributed by atoms with Crippen molar-refractivity contribution in [2.75, 3.05) is 99.0 Å². The molecule has 22 nitrogen and oxygen atoms in total. The number of hydrogen-bond donors (Lipinski definition) is 15. The van der Waals surface area contributed by atoms with E-state index in [0.717, 1.165) is 25.7 Å². The summed E-state index contributed by atoms with van der Waals surface area (Å²) < 4.78 is 35.7. The largest absolute Gasteiger partial charge is 0.481 e. The first kappa shape index (κ1) is 62.9. The highest BCUT2D eigenvalue weighted by Crippen LogP contribution is 2.50. The predicted molar refractivity (Wildman–Crippen MR) is 276 cm³/mol. The van der Waals surface area contributed by atoms with Crippen LogP contribution in [0.15, 0.2) is 0 Å². The van der Waals surface area contributed by atoms with Crippen LogP contribution in [0.25, 0.3) is 0 Å². The van der Waals surface area contributed by atoms with Gasteiger partial charge in [0.2, 0.25) is 0 Å². The number of hydrogen-bond acceptors (Lipinski definition) is 21. The summed E-state index contributed by atoms with van der Waals surface area (Å²) in [6.45, 7) is 9.72. The minimum Gasteiger partial charge on any atom is -0.481 e. The molecule has 75 heavy (non-hydrogen) atoms. The molecule has 22 unspecified atom stereocenters. The number of aliphatic carboxylic acids is 1. The summed E-state index contributed by atoms with van der Waals surface area (Å²) >= 11 is 0. The van der Waals surface area contributed by atoms with Crippen LogP contribution in [0.3, 0.4) is 0 Å². The van der Waals surface area contributed by atoms with E-state index in [0.29, 0.717) is 43.2 Å². The molecule has 6 aliphatic rings. The van der Waals surface area contributed by atoms with Crippen molar-refractivity contribution in [3.05, 3.63) is 0 Å². The van der Waals surface area contributed by atoms with Crippen molar-refractivity contribution in [3.63, 3.8) is 0 Å². The third-order valence-corrected chi connectivity index (χ3v) is 18.3. The molecule has 15 N–H and O–H groups in total. The van der Waals surface area contributed by atoms with Crippen LogP contribution in [0.5, 0.6) is 0 Å². The zero-order valence-electron chi connectivity index (χ0n) is 45.3. The fraction of sp³-hybridized carbons (Fsp3) is 0.981. The smallest absolute Gasteiger partial charge is 0.303 e. The van der Waals surface area contributed by atoms with Crippen LogP contribution in [0.4, 0.5) is 0 Å². The number of carboxylic acids is 1. The lowest BCUT2D eigenvalue weighted by Gasteiger charge is -2.32. The summed E-state index contributed by atoms with van der Waals surface area (Å²) in [7, 11) is 0. The molecule has 6 rings (SSSR count). The molecule has 0 aromatic carbocycles. The Morgan fingerprint density at radius 2 is 0.947 bits per heavy atom. The molecule has 0 aromatic heterocycles. The molecule has 22 heteroatoms. The number of nitrogens with one attached hydrogen (secondary N) is 5. The monoisotopic (exact) mass is 1080 g/mol. The lowest BCUT2D eigenvalue weighted by Crippen LogP contribution is -2.49. The normalized spacial score (nSPS) is 38.4. The molecular formula is C53H99N5O17. The number of carbonyl (C=O) groups is 1. The molecule has 8 bridgehead atoms. The van der Waals surface area contributed by atoms with Crippen LogP contribution in [-0.2, 0) is 33.2 Å². The van der Waals surface area contributed by atoms with E-state index in [9.17, 15) is 55.9 Å². The zero-order valence-corrected chi connectivity index (χ0v) is 45.3. The van der Waals surface area contributed by atoms with Gasteiger partial charge in [-0.2, -0.15) is 0 Å². The first-order valence-corrected chi connectivity index (χ1v) is 28.4. The molecule has 1 aliphatic carbocycles. The number of aliphatic hydroxyl groups is 9. The first-order valence-electron chi connectivity index (χ1n) is 28.4. The van der Waals surface area contributed by atoms with Gasteiger partial charge in [-0.1, -0.05) is 41.0 Å². The van der Waals surface area contributed by atoms with E-state index in [1.54, 1.807) is 0 Å². The Bertz CT molecular complexity index is 1560. The quantitative estimate of drug-likeness (QED) is 0.0321. The molecule has 5 saturated heterocycles. The van der Waals surface area contributed by atoms with E-state index in [1.807, 2.05) is 0 Å². The Hall–Kier alpha value is -1.33. The number of ether oxygens (including phenoxy) is 6. The summed E-state index contributed by atoms with van der Waals surface area (Å²) in [4.78, 5) is 12.1. The van der Waals surface area contributed by atoms with Gasteiger partial charge < -0.3 is 106 Å². The molecule has 0 amide bonds. The summed E-state index contributed by atoms with van der Waals surface area (Å²) in [5, 5.41) is 120. The second-order valence-electron chi connectivity index (χ2n) is 23.4. The van der Waals surface area contributed by atoms with Crippen LogP contribution in [-0.4, -0.2) is 253 Å². The summed E-state index contributed by atoms with van der Waals surface area (Å²) in [6, 6.07) is 0.961. The first-order chi connectivity index (χ1) is 36.0. The van der Waals surface area contributed by atoms with Gasteiger partial charge in [-0.15, -0.1) is 0 Å². The average molecular weight is 1080 g/mol. The van der Waals surface area contributed by atoms with Gasteiger partial charge in [0.05, 0.1) is 105 Å². The van der Waals surface area contributed by atoms with E-state index >= 15 is 0 Å². The van der Waals surface area contributed by atoms with E-state index in [1.165, 1.54) is 0 Å². The highest BCUT2D eigenvalue weighted by atomic mass is 16.6. The summed E-state index contributed by atoms with van der Waals surface area (Å²) in [6.07, 6.45) is -1.04. The highest BCUT2D eigenvalue weighted by Gasteiger charge is 2.58. The molecule has 6 fully saturated rings. The van der Waals surface area contributed by atoms with Crippen molar-refractivity contribution >= 4 is 5.97 Å². The molecular weight excluding hydrogens is 979 g/mol. The van der Waals surface area contributed by atoms with E-state index < -0.39 is 81.2 Å². The van der Waals surface area contributed by atoms with Crippen molar-refractivity contribution in [2.24, 2.45) is 53.3 Å². The van der Waals surface area contributed by atoms with Crippen molar-refractivity contribution in [1.82, 2.24) is 26.6 Å². The van der Waals surface area contributed by atoms with Crippen molar-refractivity contribution in [1.29, 1.82) is 0 Å². The lowest BCUT2D eigenvalue weighted by molar-refractivity contribution is -0.137. The Labute approximate surface area is 444 Å². The van der Waals surface area contributed by atoms with Gasteiger partial charge in [-0.3, -0.25) is 4.79 Å². The molecule has 5 aliphatic heterocycles. The van der Waals surface area contributed by atoms with Gasteiger partial charge >= 0.3 is 5.97 Å². The molecule has 1 saturated carbocycles. The molecule has 0 aromatic rings. The van der Waals surface area contributed by atoms with Gasteiger partial charge in [-0.05, 0) is 79.4 Å². The molecule has 5 heterocycles. The fourth-order valence-electron chi connectivity index (χ4n) is 14.0.